The van der Waals surface area contributed by atoms with Crippen molar-refractivity contribution < 1.29 is 45.4 Å². The number of sulfone groups is 2. The van der Waals surface area contributed by atoms with Crippen molar-refractivity contribution in [2.75, 3.05) is 11.5 Å². The summed E-state index contributed by atoms with van der Waals surface area (Å²) >= 11 is 25.2. The highest BCUT2D eigenvalue weighted by atomic mass is 35.5. The molecule has 5 aromatic carbocycles. The molecule has 22 heteroatoms. The third-order valence-corrected chi connectivity index (χ3v) is 17.8. The van der Waals surface area contributed by atoms with Gasteiger partial charge >= 0.3 is 0 Å². The summed E-state index contributed by atoms with van der Waals surface area (Å²) in [5.74, 6) is -3.44. The summed E-state index contributed by atoms with van der Waals surface area (Å²) in [6.07, 6.45) is 5.08. The van der Waals surface area contributed by atoms with Crippen molar-refractivity contribution in [2.24, 2.45) is 0 Å². The number of fused-ring (bicyclic) bond motifs is 3. The van der Waals surface area contributed by atoms with Crippen molar-refractivity contribution in [2.45, 2.75) is 67.9 Å². The molecule has 2 aliphatic carbocycles. The predicted octanol–water partition coefficient (Wildman–Crippen LogP) is 10.00. The summed E-state index contributed by atoms with van der Waals surface area (Å²) in [6, 6.07) is 27.1. The summed E-state index contributed by atoms with van der Waals surface area (Å²) in [4.78, 5) is 27.1. The van der Waals surface area contributed by atoms with E-state index in [0.29, 0.717) is 74.3 Å². The lowest BCUT2D eigenvalue weighted by molar-refractivity contribution is 0.0713. The molecule has 2 aromatic heterocycles. The van der Waals surface area contributed by atoms with Crippen LogP contribution in [0.5, 0.6) is 0 Å². The van der Waals surface area contributed by atoms with E-state index in [4.69, 9.17) is 46.4 Å². The zero-order chi connectivity index (χ0) is 54.5. The van der Waals surface area contributed by atoms with Crippen molar-refractivity contribution in [3.8, 4) is 11.4 Å². The van der Waals surface area contributed by atoms with Crippen LogP contribution in [0.4, 0.5) is 8.78 Å². The van der Waals surface area contributed by atoms with E-state index in [1.54, 1.807) is 36.4 Å². The number of hydrogen-bond acceptors (Lipinski definition) is 10. The summed E-state index contributed by atoms with van der Waals surface area (Å²) in [7, 11) is -7.32. The highest BCUT2D eigenvalue weighted by molar-refractivity contribution is 7.91. The molecule has 2 aliphatic heterocycles. The van der Waals surface area contributed by atoms with Gasteiger partial charge in [-0.3, -0.25) is 9.59 Å². The molecule has 1 saturated carbocycles. The Hall–Kier alpha value is -6.22. The average Bonchev–Trinajstić information content (AvgIpc) is 4.04. The zero-order valence-electron chi connectivity index (χ0n) is 40.4. The third-order valence-electron chi connectivity index (χ3n) is 13.7. The van der Waals surface area contributed by atoms with E-state index in [2.05, 4.69) is 20.8 Å². The van der Waals surface area contributed by atoms with Crippen LogP contribution in [0.2, 0.25) is 20.1 Å². The Kier molecular flexibility index (Phi) is 15.4. The van der Waals surface area contributed by atoms with E-state index >= 15 is 0 Å². The minimum Gasteiger partial charge on any atom is -0.391 e. The number of carbonyl (C=O) groups is 2. The highest BCUT2D eigenvalue weighted by Gasteiger charge is 2.39. The smallest absolute Gasteiger partial charge is 0.272 e. The number of amides is 2. The first-order valence-corrected chi connectivity index (χ1v) is 29.4. The molecule has 0 radical (unpaired) electrons. The van der Waals surface area contributed by atoms with Gasteiger partial charge in [-0.15, -0.1) is 0 Å². The molecule has 0 saturated heterocycles. The fourth-order valence-corrected chi connectivity index (χ4v) is 14.2. The molecular formula is C55H46Cl4F2N6O8S2. The predicted molar refractivity (Wildman–Crippen MR) is 293 cm³/mol. The summed E-state index contributed by atoms with van der Waals surface area (Å²) in [6.45, 7) is 0. The number of aromatic nitrogens is 4. The van der Waals surface area contributed by atoms with Gasteiger partial charge in [0.15, 0.2) is 31.1 Å². The second kappa shape index (κ2) is 21.9. The van der Waals surface area contributed by atoms with E-state index in [9.17, 15) is 45.4 Å². The molecule has 2 amide bonds. The van der Waals surface area contributed by atoms with Crippen molar-refractivity contribution in [3.05, 3.63) is 197 Å². The van der Waals surface area contributed by atoms with Crippen molar-refractivity contribution >= 4 is 101 Å². The number of carbonyl (C=O) groups excluding carboxylic acids is 2. The number of nitrogens with zero attached hydrogens (tertiary/aromatic N) is 4. The van der Waals surface area contributed by atoms with Gasteiger partial charge < -0.3 is 20.8 Å². The Labute approximate surface area is 461 Å². The van der Waals surface area contributed by atoms with Crippen LogP contribution in [0.15, 0.2) is 109 Å². The van der Waals surface area contributed by atoms with Crippen LogP contribution in [0.25, 0.3) is 34.7 Å². The molecule has 4 heterocycles. The number of aliphatic hydroxyl groups excluding tert-OH is 2. The number of nitrogens with one attached hydrogen (secondary N) is 2. The number of aliphatic hydroxyl groups is 2. The second-order valence-electron chi connectivity index (χ2n) is 19.2. The van der Waals surface area contributed by atoms with Crippen LogP contribution < -0.4 is 10.6 Å². The largest absolute Gasteiger partial charge is 0.391 e. The molecule has 14 nitrogen and oxygen atoms in total. The molecule has 77 heavy (non-hydrogen) atoms. The number of benzene rings is 5. The normalized spacial score (nSPS) is 21.1. The van der Waals surface area contributed by atoms with Gasteiger partial charge in [-0.1, -0.05) is 108 Å². The molecule has 0 bridgehead atoms. The minimum absolute atomic E-state index is 0.0490. The SMILES string of the molecule is O=C(N[C@@H]1c2ccccc2C[C@@H]1O)c1nn(-c2ccc(Cl)cc2Cl)c2c1CS(=O)(=O)C/C2=C\c1ccc(F)cc1.O=C(N[C@H]1CCCC[C@@H]1O)c1nn(-c2ccc(Cl)cc2Cl)c2c1CS(=O)(=O)C/C2=C\c1ccc(F)cc1. The van der Waals surface area contributed by atoms with Gasteiger partial charge in [0.1, 0.15) is 11.6 Å². The van der Waals surface area contributed by atoms with Crippen molar-refractivity contribution in [3.63, 3.8) is 0 Å². The van der Waals surface area contributed by atoms with Crippen LogP contribution in [0.1, 0.15) is 97.5 Å². The Bertz CT molecular complexity index is 3800. The first kappa shape index (κ1) is 54.1. The fraction of sp³-hybridized carbons (Fsp3) is 0.236. The first-order valence-electron chi connectivity index (χ1n) is 24.2. The van der Waals surface area contributed by atoms with Gasteiger partial charge in [-0.25, -0.2) is 35.0 Å². The van der Waals surface area contributed by atoms with Gasteiger partial charge in [0, 0.05) is 27.6 Å². The molecule has 7 aromatic rings. The Balaban J connectivity index is 0.000000175. The molecule has 0 unspecified atom stereocenters. The van der Waals surface area contributed by atoms with E-state index in [1.807, 2.05) is 24.3 Å². The maximum absolute atomic E-state index is 13.7. The first-order chi connectivity index (χ1) is 36.7. The second-order valence-corrected chi connectivity index (χ2v) is 25.0. The van der Waals surface area contributed by atoms with E-state index in [1.165, 1.54) is 70.0 Å². The molecular weight excluding hydrogens is 1120 g/mol. The topological polar surface area (TPSA) is 203 Å². The van der Waals surface area contributed by atoms with Crippen LogP contribution in [-0.2, 0) is 37.6 Å². The molecule has 4 N–H and O–H groups in total. The zero-order valence-corrected chi connectivity index (χ0v) is 45.1. The average molecular weight is 1160 g/mol. The van der Waals surface area contributed by atoms with E-state index in [0.717, 1.165) is 24.0 Å². The van der Waals surface area contributed by atoms with Crippen LogP contribution in [0, 0.1) is 11.6 Å². The Morgan fingerprint density at radius 1 is 0.597 bits per heavy atom. The van der Waals surface area contributed by atoms with Gasteiger partial charge in [0.2, 0.25) is 0 Å². The Morgan fingerprint density at radius 2 is 1.06 bits per heavy atom. The van der Waals surface area contributed by atoms with Crippen LogP contribution in [0.3, 0.4) is 0 Å². The number of hydrogen-bond donors (Lipinski definition) is 4. The van der Waals surface area contributed by atoms with Crippen molar-refractivity contribution in [1.29, 1.82) is 0 Å². The van der Waals surface area contributed by atoms with Crippen LogP contribution >= 0.6 is 46.4 Å². The molecule has 4 atom stereocenters. The molecule has 1 fully saturated rings. The summed E-state index contributed by atoms with van der Waals surface area (Å²) in [5.41, 5.74) is 5.61. The standard InChI is InChI=1S/C29H22Cl2FN3O4S.C26H24Cl2FN3O4S/c30-19-7-10-24(23(31)13-19)35-28-18(11-16-5-8-20(32)9-6-16)14-40(38,39)15-22(28)27(34-35)29(37)33-26-21-4-2-1-3-17(21)12-25(26)36;27-17-7-10-22(20(28)12-17)32-25-16(11-15-5-8-18(29)9-6-15)13-37(35,36)14-19(25)24(31-32)26(34)30-21-3-1-2-4-23(21)33/h1-11,13,25-26,36H,12,14-15H2,(H,33,37);5-12,21,23,33H,1-4,13-14H2,(H,30,34)/b18-11+;16-11+/t25-,26+;21-,23-/m00/s1. The Morgan fingerprint density at radius 3 is 1.55 bits per heavy atom. The lowest BCUT2D eigenvalue weighted by Gasteiger charge is -2.28. The minimum atomic E-state index is -3.68. The van der Waals surface area contributed by atoms with Gasteiger partial charge in [0.25, 0.3) is 11.8 Å². The van der Waals surface area contributed by atoms with Crippen molar-refractivity contribution in [1.82, 2.24) is 30.2 Å². The quantitative estimate of drug-likeness (QED) is 0.113. The van der Waals surface area contributed by atoms with Gasteiger partial charge in [-0.05, 0) is 119 Å². The number of rotatable bonds is 8. The fourth-order valence-electron chi connectivity index (χ4n) is 10.2. The lowest BCUT2D eigenvalue weighted by Crippen LogP contribution is -2.45. The number of halogens is 6. The van der Waals surface area contributed by atoms with Gasteiger partial charge in [-0.2, -0.15) is 10.2 Å². The van der Waals surface area contributed by atoms with E-state index in [-0.39, 0.29) is 49.8 Å². The van der Waals surface area contributed by atoms with Gasteiger partial charge in [0.05, 0.1) is 80.1 Å². The molecule has 398 valence electrons. The van der Waals surface area contributed by atoms with E-state index < -0.39 is 73.2 Å². The molecule has 4 aliphatic rings. The summed E-state index contributed by atoms with van der Waals surface area (Å²) in [5, 5.41) is 37.2. The lowest BCUT2D eigenvalue weighted by atomic mass is 9.92. The monoisotopic (exact) mass is 1160 g/mol. The summed E-state index contributed by atoms with van der Waals surface area (Å²) < 4.78 is 82.1. The third kappa shape index (κ3) is 11.7. The molecule has 11 rings (SSSR count). The maximum atomic E-state index is 13.7. The highest BCUT2D eigenvalue weighted by Crippen LogP contribution is 2.40. The van der Waals surface area contributed by atoms with Crippen LogP contribution in [-0.4, -0.2) is 88.2 Å². The maximum Gasteiger partial charge on any atom is 0.272 e. The molecule has 0 spiro atoms.